The Bertz CT molecular complexity index is 728. The summed E-state index contributed by atoms with van der Waals surface area (Å²) >= 11 is 0. The van der Waals surface area contributed by atoms with Gasteiger partial charge in [0.2, 0.25) is 0 Å². The van der Waals surface area contributed by atoms with Crippen LogP contribution in [0, 0.1) is 10.1 Å². The number of para-hydroxylation sites is 1. The maximum Gasteiger partial charge on any atom is 0.338 e. The molecule has 0 saturated heterocycles. The predicted molar refractivity (Wildman–Crippen MR) is 86.1 cm³/mol. The summed E-state index contributed by atoms with van der Waals surface area (Å²) < 4.78 is 5.10. The monoisotopic (exact) mass is 333 g/mol. The SMILES string of the molecule is CCOC(=O)C1=C(C)N(C)C(=O)N(C)C1c1ccccc1[N+](=O)[O-]. The molecule has 1 aliphatic rings. The fraction of sp³-hybridized carbons (Fsp3) is 0.375. The first-order valence-corrected chi connectivity index (χ1v) is 7.43. The molecule has 0 spiro atoms. The summed E-state index contributed by atoms with van der Waals surface area (Å²) in [4.78, 5) is 38.4. The van der Waals surface area contributed by atoms with E-state index in [1.165, 1.54) is 22.9 Å². The average molecular weight is 333 g/mol. The minimum absolute atomic E-state index is 0.152. The van der Waals surface area contributed by atoms with E-state index in [2.05, 4.69) is 0 Å². The molecule has 1 heterocycles. The summed E-state index contributed by atoms with van der Waals surface area (Å²) in [5.41, 5.74) is 0.755. The van der Waals surface area contributed by atoms with Gasteiger partial charge in [-0.2, -0.15) is 0 Å². The van der Waals surface area contributed by atoms with Crippen molar-refractivity contribution in [2.45, 2.75) is 19.9 Å². The van der Waals surface area contributed by atoms with Crippen molar-refractivity contribution >= 4 is 17.7 Å². The Hall–Kier alpha value is -2.90. The van der Waals surface area contributed by atoms with Crippen molar-refractivity contribution < 1.29 is 19.2 Å². The summed E-state index contributed by atoms with van der Waals surface area (Å²) in [7, 11) is 3.05. The highest BCUT2D eigenvalue weighted by atomic mass is 16.6. The Labute approximate surface area is 139 Å². The molecular formula is C16H19N3O5. The van der Waals surface area contributed by atoms with Crippen molar-refractivity contribution in [2.75, 3.05) is 20.7 Å². The lowest BCUT2D eigenvalue weighted by Gasteiger charge is -2.39. The fourth-order valence-corrected chi connectivity index (χ4v) is 2.78. The zero-order valence-electron chi connectivity index (χ0n) is 14.0. The van der Waals surface area contributed by atoms with Crippen LogP contribution in [0.15, 0.2) is 35.5 Å². The maximum absolute atomic E-state index is 12.5. The number of carbonyl (C=O) groups is 2. The Balaban J connectivity index is 2.70. The summed E-state index contributed by atoms with van der Waals surface area (Å²) in [5, 5.41) is 11.4. The largest absolute Gasteiger partial charge is 0.463 e. The van der Waals surface area contributed by atoms with Crippen LogP contribution in [0.5, 0.6) is 0 Å². The van der Waals surface area contributed by atoms with Gasteiger partial charge in [0.25, 0.3) is 5.69 Å². The lowest BCUT2D eigenvalue weighted by molar-refractivity contribution is -0.385. The summed E-state index contributed by atoms with van der Waals surface area (Å²) in [6.45, 7) is 3.47. The minimum atomic E-state index is -0.880. The van der Waals surface area contributed by atoms with E-state index >= 15 is 0 Å². The van der Waals surface area contributed by atoms with Crippen molar-refractivity contribution in [1.29, 1.82) is 0 Å². The molecule has 0 saturated carbocycles. The van der Waals surface area contributed by atoms with E-state index in [0.29, 0.717) is 5.70 Å². The molecule has 8 heteroatoms. The second-order valence-corrected chi connectivity index (χ2v) is 5.39. The minimum Gasteiger partial charge on any atom is -0.463 e. The molecule has 8 nitrogen and oxygen atoms in total. The highest BCUT2D eigenvalue weighted by Gasteiger charge is 2.41. The molecule has 0 N–H and O–H groups in total. The van der Waals surface area contributed by atoms with Crippen LogP contribution in [0.2, 0.25) is 0 Å². The fourth-order valence-electron chi connectivity index (χ4n) is 2.78. The van der Waals surface area contributed by atoms with E-state index < -0.39 is 16.9 Å². The number of hydrogen-bond acceptors (Lipinski definition) is 5. The van der Waals surface area contributed by atoms with Gasteiger partial charge in [-0.1, -0.05) is 12.1 Å². The number of nitrogens with zero attached hydrogens (tertiary/aromatic N) is 3. The average Bonchev–Trinajstić information content (AvgIpc) is 2.56. The first kappa shape index (κ1) is 17.5. The first-order valence-electron chi connectivity index (χ1n) is 7.43. The van der Waals surface area contributed by atoms with Gasteiger partial charge in [-0.15, -0.1) is 0 Å². The van der Waals surface area contributed by atoms with Crippen molar-refractivity contribution in [3.8, 4) is 0 Å². The van der Waals surface area contributed by atoms with Crippen LogP contribution in [0.3, 0.4) is 0 Å². The molecule has 0 radical (unpaired) electrons. The lowest BCUT2D eigenvalue weighted by Crippen LogP contribution is -2.47. The number of ether oxygens (including phenoxy) is 1. The van der Waals surface area contributed by atoms with Crippen LogP contribution in [0.1, 0.15) is 25.5 Å². The molecule has 1 aromatic carbocycles. The molecule has 24 heavy (non-hydrogen) atoms. The smallest absolute Gasteiger partial charge is 0.338 e. The summed E-state index contributed by atoms with van der Waals surface area (Å²) in [6.07, 6.45) is 0. The standard InChI is InChI=1S/C16H19N3O5/c1-5-24-15(20)13-10(2)17(3)16(21)18(4)14(13)11-8-6-7-9-12(11)19(22)23/h6-9,14H,5H2,1-4H3. The summed E-state index contributed by atoms with van der Waals surface area (Å²) in [5.74, 6) is -0.593. The zero-order valence-corrected chi connectivity index (χ0v) is 14.0. The second kappa shape index (κ2) is 6.69. The quantitative estimate of drug-likeness (QED) is 0.479. The molecule has 128 valence electrons. The molecule has 2 rings (SSSR count). The maximum atomic E-state index is 12.5. The van der Waals surface area contributed by atoms with Gasteiger partial charge in [-0.05, 0) is 19.9 Å². The van der Waals surface area contributed by atoms with Gasteiger partial charge < -0.3 is 14.5 Å². The van der Waals surface area contributed by atoms with Crippen LogP contribution in [-0.4, -0.2) is 47.4 Å². The Morgan fingerprint density at radius 1 is 1.33 bits per heavy atom. The predicted octanol–water partition coefficient (Wildman–Crippen LogP) is 2.47. The normalized spacial score (nSPS) is 18.0. The Kier molecular flexibility index (Phi) is 4.87. The van der Waals surface area contributed by atoms with E-state index in [4.69, 9.17) is 4.74 Å². The topological polar surface area (TPSA) is 93.0 Å². The number of rotatable bonds is 4. The van der Waals surface area contributed by atoms with Gasteiger partial charge in [0.1, 0.15) is 0 Å². The van der Waals surface area contributed by atoms with Crippen molar-refractivity contribution in [2.24, 2.45) is 0 Å². The number of hydrogen-bond donors (Lipinski definition) is 0. The van der Waals surface area contributed by atoms with Crippen molar-refractivity contribution in [3.05, 3.63) is 51.2 Å². The number of carbonyl (C=O) groups excluding carboxylic acids is 2. The molecule has 0 aliphatic carbocycles. The highest BCUT2D eigenvalue weighted by molar-refractivity contribution is 5.95. The number of nitro groups is 1. The molecule has 0 bridgehead atoms. The third kappa shape index (κ3) is 2.82. The van der Waals surface area contributed by atoms with Gasteiger partial charge >= 0.3 is 12.0 Å². The highest BCUT2D eigenvalue weighted by Crippen LogP contribution is 2.39. The van der Waals surface area contributed by atoms with Crippen LogP contribution < -0.4 is 0 Å². The number of nitro benzene ring substituents is 1. The molecule has 0 fully saturated rings. The Morgan fingerprint density at radius 3 is 2.54 bits per heavy atom. The molecular weight excluding hydrogens is 314 g/mol. The zero-order chi connectivity index (χ0) is 18.0. The number of benzene rings is 1. The van der Waals surface area contributed by atoms with Crippen LogP contribution in [-0.2, 0) is 9.53 Å². The van der Waals surface area contributed by atoms with Gasteiger partial charge in [0.15, 0.2) is 0 Å². The third-order valence-corrected chi connectivity index (χ3v) is 4.07. The number of likely N-dealkylation sites (N-methyl/N-ethyl adjacent to an activating group) is 1. The van der Waals surface area contributed by atoms with E-state index in [1.807, 2.05) is 0 Å². The van der Waals surface area contributed by atoms with Gasteiger partial charge in [-0.3, -0.25) is 10.1 Å². The first-order chi connectivity index (χ1) is 11.3. The van der Waals surface area contributed by atoms with Crippen LogP contribution in [0.4, 0.5) is 10.5 Å². The van der Waals surface area contributed by atoms with E-state index in [9.17, 15) is 19.7 Å². The number of esters is 1. The molecule has 2 amide bonds. The molecule has 1 aliphatic heterocycles. The number of urea groups is 1. The molecule has 1 atom stereocenters. The molecule has 1 unspecified atom stereocenters. The Morgan fingerprint density at radius 2 is 1.96 bits per heavy atom. The van der Waals surface area contributed by atoms with Gasteiger partial charge in [-0.25, -0.2) is 9.59 Å². The second-order valence-electron chi connectivity index (χ2n) is 5.39. The van der Waals surface area contributed by atoms with Gasteiger partial charge in [0.05, 0.1) is 28.7 Å². The molecule has 0 aromatic heterocycles. The lowest BCUT2D eigenvalue weighted by atomic mass is 9.92. The van der Waals surface area contributed by atoms with E-state index in [0.717, 1.165) is 0 Å². The summed E-state index contributed by atoms with van der Waals surface area (Å²) in [6, 6.07) is 4.84. The third-order valence-electron chi connectivity index (χ3n) is 4.07. The van der Waals surface area contributed by atoms with Gasteiger partial charge in [0, 0.05) is 25.9 Å². The van der Waals surface area contributed by atoms with Crippen LogP contribution in [0.25, 0.3) is 0 Å². The molecule has 1 aromatic rings. The van der Waals surface area contributed by atoms with Crippen LogP contribution >= 0.6 is 0 Å². The number of amides is 2. The van der Waals surface area contributed by atoms with E-state index in [-0.39, 0.29) is 29.5 Å². The van der Waals surface area contributed by atoms with E-state index in [1.54, 1.807) is 39.1 Å². The van der Waals surface area contributed by atoms with Crippen molar-refractivity contribution in [3.63, 3.8) is 0 Å². The van der Waals surface area contributed by atoms with Crippen molar-refractivity contribution in [1.82, 2.24) is 9.80 Å². The number of allylic oxidation sites excluding steroid dienone is 1.